The van der Waals surface area contributed by atoms with Gasteiger partial charge in [-0.05, 0) is 31.4 Å². The first kappa shape index (κ1) is 18.4. The minimum absolute atomic E-state index is 0.0190. The lowest BCUT2D eigenvalue weighted by Gasteiger charge is -2.25. The Morgan fingerprint density at radius 1 is 1.25 bits per heavy atom. The maximum absolute atomic E-state index is 13.0. The van der Waals surface area contributed by atoms with Gasteiger partial charge in [0.15, 0.2) is 0 Å². The van der Waals surface area contributed by atoms with E-state index >= 15 is 0 Å². The summed E-state index contributed by atoms with van der Waals surface area (Å²) in [5, 5.41) is 8.20. The van der Waals surface area contributed by atoms with Gasteiger partial charge in [0.1, 0.15) is 23.9 Å². The number of aryl methyl sites for hydroxylation is 2. The summed E-state index contributed by atoms with van der Waals surface area (Å²) in [6, 6.07) is 7.69. The van der Waals surface area contributed by atoms with Crippen LogP contribution in [0.15, 0.2) is 35.1 Å². The predicted molar refractivity (Wildman–Crippen MR) is 107 cm³/mol. The van der Waals surface area contributed by atoms with Crippen LogP contribution >= 0.6 is 0 Å². The fourth-order valence-electron chi connectivity index (χ4n) is 3.94. The number of aromatic nitrogens is 3. The van der Waals surface area contributed by atoms with Crippen LogP contribution in [0.25, 0.3) is 10.9 Å². The highest BCUT2D eigenvalue weighted by atomic mass is 16.5. The number of rotatable bonds is 6. The van der Waals surface area contributed by atoms with Crippen molar-refractivity contribution < 1.29 is 9.32 Å². The SMILES string of the molecule is CCc1noc(CC)c1CNC(=O)C1CCCN1c1ncnc2ccccc12. The molecular weight excluding hydrogens is 354 g/mol. The maximum Gasteiger partial charge on any atom is 0.243 e. The van der Waals surface area contributed by atoms with Gasteiger partial charge in [-0.1, -0.05) is 31.1 Å². The van der Waals surface area contributed by atoms with Crippen LogP contribution in [0, 0.1) is 0 Å². The van der Waals surface area contributed by atoms with E-state index in [2.05, 4.69) is 25.3 Å². The summed E-state index contributed by atoms with van der Waals surface area (Å²) in [7, 11) is 0. The van der Waals surface area contributed by atoms with Crippen molar-refractivity contribution in [3.63, 3.8) is 0 Å². The number of anilines is 1. The summed E-state index contributed by atoms with van der Waals surface area (Å²) in [5.41, 5.74) is 2.82. The number of nitrogens with zero attached hydrogens (tertiary/aromatic N) is 4. The van der Waals surface area contributed by atoms with Gasteiger partial charge in [-0.2, -0.15) is 0 Å². The topological polar surface area (TPSA) is 84.2 Å². The molecule has 1 aromatic carbocycles. The average Bonchev–Trinajstić information content (AvgIpc) is 3.38. The second-order valence-corrected chi connectivity index (χ2v) is 7.02. The summed E-state index contributed by atoms with van der Waals surface area (Å²) in [6.07, 6.45) is 4.90. The molecular formula is C21H25N5O2. The monoisotopic (exact) mass is 379 g/mol. The van der Waals surface area contributed by atoms with Crippen molar-refractivity contribution in [1.29, 1.82) is 0 Å². The minimum atomic E-state index is -0.228. The van der Waals surface area contributed by atoms with E-state index in [9.17, 15) is 4.79 Å². The van der Waals surface area contributed by atoms with Gasteiger partial charge < -0.3 is 14.7 Å². The van der Waals surface area contributed by atoms with Crippen LogP contribution in [0.3, 0.4) is 0 Å². The van der Waals surface area contributed by atoms with E-state index in [4.69, 9.17) is 4.52 Å². The van der Waals surface area contributed by atoms with Crippen molar-refractivity contribution in [3.05, 3.63) is 47.6 Å². The van der Waals surface area contributed by atoms with Gasteiger partial charge >= 0.3 is 0 Å². The molecule has 3 aromatic rings. The second-order valence-electron chi connectivity index (χ2n) is 7.02. The molecule has 1 unspecified atom stereocenters. The molecule has 3 heterocycles. The Bertz CT molecular complexity index is 957. The van der Waals surface area contributed by atoms with E-state index < -0.39 is 0 Å². The normalized spacial score (nSPS) is 16.6. The number of hydrogen-bond acceptors (Lipinski definition) is 6. The van der Waals surface area contributed by atoms with E-state index in [0.29, 0.717) is 6.54 Å². The van der Waals surface area contributed by atoms with Gasteiger partial charge in [0.25, 0.3) is 0 Å². The Morgan fingerprint density at radius 3 is 2.93 bits per heavy atom. The molecule has 1 atom stereocenters. The lowest BCUT2D eigenvalue weighted by molar-refractivity contribution is -0.122. The molecule has 1 saturated heterocycles. The lowest BCUT2D eigenvalue weighted by Crippen LogP contribution is -2.43. The molecule has 0 bridgehead atoms. The molecule has 7 nitrogen and oxygen atoms in total. The zero-order valence-electron chi connectivity index (χ0n) is 16.3. The summed E-state index contributed by atoms with van der Waals surface area (Å²) in [6.45, 7) is 5.34. The van der Waals surface area contributed by atoms with Gasteiger partial charge in [0.05, 0.1) is 11.2 Å². The lowest BCUT2D eigenvalue weighted by atomic mass is 10.1. The Hall–Kier alpha value is -2.96. The highest BCUT2D eigenvalue weighted by Gasteiger charge is 2.32. The number of carbonyl (C=O) groups excluding carboxylic acids is 1. The van der Waals surface area contributed by atoms with Crippen LogP contribution in [0.4, 0.5) is 5.82 Å². The van der Waals surface area contributed by atoms with Crippen molar-refractivity contribution in [2.75, 3.05) is 11.4 Å². The first-order valence-corrected chi connectivity index (χ1v) is 9.93. The van der Waals surface area contributed by atoms with Gasteiger partial charge in [-0.15, -0.1) is 0 Å². The molecule has 0 radical (unpaired) electrons. The summed E-state index contributed by atoms with van der Waals surface area (Å²) in [4.78, 5) is 23.9. The van der Waals surface area contributed by atoms with Crippen LogP contribution in [0.5, 0.6) is 0 Å². The second kappa shape index (κ2) is 7.96. The first-order chi connectivity index (χ1) is 13.7. The van der Waals surface area contributed by atoms with Gasteiger partial charge in [-0.3, -0.25) is 4.79 Å². The van der Waals surface area contributed by atoms with E-state index in [1.165, 1.54) is 0 Å². The molecule has 146 valence electrons. The predicted octanol–water partition coefficient (Wildman–Crippen LogP) is 3.03. The number of para-hydroxylation sites is 1. The molecule has 0 aliphatic carbocycles. The summed E-state index contributed by atoms with van der Waals surface area (Å²) < 4.78 is 5.40. The van der Waals surface area contributed by atoms with Gasteiger partial charge in [-0.25, -0.2) is 9.97 Å². The molecule has 28 heavy (non-hydrogen) atoms. The Labute approximate surface area is 164 Å². The molecule has 2 aromatic heterocycles. The minimum Gasteiger partial charge on any atom is -0.361 e. The number of hydrogen-bond donors (Lipinski definition) is 1. The number of carbonyl (C=O) groups is 1. The van der Waals surface area contributed by atoms with Crippen LogP contribution in [0.2, 0.25) is 0 Å². The smallest absolute Gasteiger partial charge is 0.243 e. The van der Waals surface area contributed by atoms with Crippen LogP contribution < -0.4 is 10.2 Å². The van der Waals surface area contributed by atoms with Gasteiger partial charge in [0, 0.05) is 30.5 Å². The van der Waals surface area contributed by atoms with Crippen molar-refractivity contribution >= 4 is 22.6 Å². The number of amides is 1. The molecule has 1 N–H and O–H groups in total. The molecule has 7 heteroatoms. The first-order valence-electron chi connectivity index (χ1n) is 9.93. The maximum atomic E-state index is 13.0. The molecule has 4 rings (SSSR count). The number of fused-ring (bicyclic) bond motifs is 1. The van der Waals surface area contributed by atoms with E-state index in [0.717, 1.165) is 66.0 Å². The summed E-state index contributed by atoms with van der Waals surface area (Å²) in [5.74, 6) is 1.70. The Morgan fingerprint density at radius 2 is 2.11 bits per heavy atom. The molecule has 1 amide bonds. The largest absolute Gasteiger partial charge is 0.361 e. The molecule has 1 fully saturated rings. The van der Waals surface area contributed by atoms with Crippen LogP contribution in [-0.2, 0) is 24.2 Å². The Kier molecular flexibility index (Phi) is 5.23. The van der Waals surface area contributed by atoms with Crippen molar-refractivity contribution in [3.8, 4) is 0 Å². The fourth-order valence-corrected chi connectivity index (χ4v) is 3.94. The molecule has 1 aliphatic rings. The highest BCUT2D eigenvalue weighted by Crippen LogP contribution is 2.29. The quantitative estimate of drug-likeness (QED) is 0.709. The highest BCUT2D eigenvalue weighted by molar-refractivity contribution is 5.93. The number of benzene rings is 1. The zero-order chi connectivity index (χ0) is 19.5. The third-order valence-electron chi connectivity index (χ3n) is 5.40. The van der Waals surface area contributed by atoms with E-state index in [1.807, 2.05) is 38.1 Å². The number of nitrogens with one attached hydrogen (secondary N) is 1. The summed E-state index contributed by atoms with van der Waals surface area (Å²) >= 11 is 0. The van der Waals surface area contributed by atoms with Crippen molar-refractivity contribution in [1.82, 2.24) is 20.4 Å². The zero-order valence-corrected chi connectivity index (χ0v) is 16.3. The van der Waals surface area contributed by atoms with Crippen molar-refractivity contribution in [2.45, 2.75) is 52.1 Å². The average molecular weight is 379 g/mol. The fraction of sp³-hybridized carbons (Fsp3) is 0.429. The van der Waals surface area contributed by atoms with E-state index in [-0.39, 0.29) is 11.9 Å². The standard InChI is InChI=1S/C21H25N5O2/c1-3-16-15(19(4-2)28-25-16)12-22-21(27)18-10-7-11-26(18)20-14-8-5-6-9-17(14)23-13-24-20/h5-6,8-9,13,18H,3-4,7,10-12H2,1-2H3,(H,22,27). The van der Waals surface area contributed by atoms with Gasteiger partial charge in [0.2, 0.25) is 5.91 Å². The van der Waals surface area contributed by atoms with Crippen molar-refractivity contribution in [2.24, 2.45) is 0 Å². The van der Waals surface area contributed by atoms with Crippen LogP contribution in [0.1, 0.15) is 43.7 Å². The molecule has 0 spiro atoms. The Balaban J connectivity index is 1.54. The third kappa shape index (κ3) is 3.32. The third-order valence-corrected chi connectivity index (χ3v) is 5.40. The van der Waals surface area contributed by atoms with E-state index in [1.54, 1.807) is 6.33 Å². The van der Waals surface area contributed by atoms with Crippen LogP contribution in [-0.4, -0.2) is 33.6 Å². The molecule has 1 aliphatic heterocycles. The molecule has 0 saturated carbocycles.